The Morgan fingerprint density at radius 2 is 1.69 bits per heavy atom. The number of rotatable bonds is 11. The summed E-state index contributed by atoms with van der Waals surface area (Å²) in [7, 11) is 0. The summed E-state index contributed by atoms with van der Waals surface area (Å²) < 4.78 is 29.2. The van der Waals surface area contributed by atoms with Crippen molar-refractivity contribution in [3.8, 4) is 17.2 Å². The van der Waals surface area contributed by atoms with Crippen LogP contribution in [-0.2, 0) is 22.7 Å². The Hall–Kier alpha value is -3.75. The van der Waals surface area contributed by atoms with Gasteiger partial charge < -0.3 is 38.5 Å². The third kappa shape index (κ3) is 7.43. The molecule has 0 spiro atoms. The fourth-order valence-electron chi connectivity index (χ4n) is 4.94. The van der Waals surface area contributed by atoms with Crippen LogP contribution in [0.2, 0.25) is 0 Å². The number of nitrogens with zero attached hydrogens (tertiary/aromatic N) is 1. The van der Waals surface area contributed by atoms with Crippen molar-refractivity contribution in [3.05, 3.63) is 89.5 Å². The van der Waals surface area contributed by atoms with E-state index in [0.29, 0.717) is 58.4 Å². The molecule has 2 aliphatic heterocycles. The third-order valence-electron chi connectivity index (χ3n) is 7.01. The van der Waals surface area contributed by atoms with E-state index in [4.69, 9.17) is 23.7 Å². The molecule has 1 fully saturated rings. The van der Waals surface area contributed by atoms with E-state index in [9.17, 15) is 9.90 Å². The number of carbonyl (C=O) groups is 1. The molecule has 0 bridgehead atoms. The van der Waals surface area contributed by atoms with E-state index in [1.807, 2.05) is 60.7 Å². The van der Waals surface area contributed by atoms with E-state index in [0.717, 1.165) is 34.6 Å². The van der Waals surface area contributed by atoms with Gasteiger partial charge in [0.15, 0.2) is 11.5 Å². The highest BCUT2D eigenvalue weighted by atomic mass is 16.6. The predicted molar refractivity (Wildman–Crippen MR) is 143 cm³/mol. The van der Waals surface area contributed by atoms with E-state index in [1.165, 1.54) is 4.90 Å². The van der Waals surface area contributed by atoms with Gasteiger partial charge in [-0.15, -0.1) is 0 Å². The Labute approximate surface area is 229 Å². The molecule has 0 N–H and O–H groups in total. The van der Waals surface area contributed by atoms with Crippen molar-refractivity contribution >= 4 is 6.09 Å². The van der Waals surface area contributed by atoms with E-state index in [1.54, 1.807) is 0 Å². The van der Waals surface area contributed by atoms with Crippen molar-refractivity contribution in [1.82, 2.24) is 4.90 Å². The van der Waals surface area contributed by atoms with Gasteiger partial charge in [-0.25, -0.2) is 0 Å². The Bertz CT molecular complexity index is 1200. The van der Waals surface area contributed by atoms with Crippen LogP contribution in [0.15, 0.2) is 72.8 Å². The minimum absolute atomic E-state index is 0.0539. The minimum atomic E-state index is -1.17. The topological polar surface area (TPSA) is 89.5 Å². The van der Waals surface area contributed by atoms with Gasteiger partial charge in [0.05, 0.1) is 32.5 Å². The SMILES string of the molecule is O=C([O-])N1CCC(c2ccc(OCCCOCc3ccccc3)cc2)C(OCc2ccc3c(c2)OCCO3)C1. The molecule has 1 saturated heterocycles. The molecule has 2 atom stereocenters. The van der Waals surface area contributed by atoms with E-state index < -0.39 is 6.09 Å². The number of fused-ring (bicyclic) bond motifs is 1. The summed E-state index contributed by atoms with van der Waals surface area (Å²) in [6.45, 7) is 3.88. The van der Waals surface area contributed by atoms with Gasteiger partial charge in [-0.3, -0.25) is 0 Å². The number of likely N-dealkylation sites (tertiary alicyclic amines) is 1. The molecule has 0 radical (unpaired) electrons. The average molecular weight is 533 g/mol. The Balaban J connectivity index is 1.13. The highest BCUT2D eigenvalue weighted by Gasteiger charge is 2.31. The molecular weight excluding hydrogens is 498 g/mol. The first-order valence-corrected chi connectivity index (χ1v) is 13.5. The molecular formula is C31H34NO7-. The summed E-state index contributed by atoms with van der Waals surface area (Å²) in [5.41, 5.74) is 3.20. The normalized spacial score (nSPS) is 18.5. The minimum Gasteiger partial charge on any atom is -0.530 e. The molecule has 206 valence electrons. The molecule has 2 unspecified atom stereocenters. The molecule has 0 saturated carbocycles. The van der Waals surface area contributed by atoms with Gasteiger partial charge in [-0.2, -0.15) is 0 Å². The van der Waals surface area contributed by atoms with Crippen LogP contribution in [0.1, 0.15) is 35.4 Å². The number of carboxylic acid groups (broad SMARTS) is 1. The molecule has 0 aliphatic carbocycles. The molecule has 8 heteroatoms. The van der Waals surface area contributed by atoms with Crippen molar-refractivity contribution in [2.24, 2.45) is 0 Å². The van der Waals surface area contributed by atoms with Crippen LogP contribution >= 0.6 is 0 Å². The zero-order valence-corrected chi connectivity index (χ0v) is 22.0. The smallest absolute Gasteiger partial charge is 0.161 e. The van der Waals surface area contributed by atoms with Crippen molar-refractivity contribution in [2.45, 2.75) is 38.1 Å². The first kappa shape index (κ1) is 26.8. The number of amides is 1. The van der Waals surface area contributed by atoms with Gasteiger partial charge in [-0.05, 0) is 47.4 Å². The van der Waals surface area contributed by atoms with Crippen LogP contribution in [-0.4, -0.2) is 56.6 Å². The molecule has 8 nitrogen and oxygen atoms in total. The summed E-state index contributed by atoms with van der Waals surface area (Å²) in [4.78, 5) is 12.9. The van der Waals surface area contributed by atoms with Gasteiger partial charge in [0.1, 0.15) is 25.1 Å². The predicted octanol–water partition coefficient (Wildman–Crippen LogP) is 4.16. The van der Waals surface area contributed by atoms with Crippen molar-refractivity contribution < 1.29 is 33.6 Å². The van der Waals surface area contributed by atoms with Crippen molar-refractivity contribution in [2.75, 3.05) is 39.5 Å². The second-order valence-corrected chi connectivity index (χ2v) is 9.74. The number of benzene rings is 3. The van der Waals surface area contributed by atoms with Gasteiger partial charge in [0, 0.05) is 25.4 Å². The second kappa shape index (κ2) is 13.4. The molecule has 39 heavy (non-hydrogen) atoms. The monoisotopic (exact) mass is 532 g/mol. The van der Waals surface area contributed by atoms with Crippen LogP contribution in [0.4, 0.5) is 4.79 Å². The quantitative estimate of drug-likeness (QED) is 0.343. The van der Waals surface area contributed by atoms with Gasteiger partial charge in [0.25, 0.3) is 0 Å². The van der Waals surface area contributed by atoms with Crippen LogP contribution < -0.4 is 19.3 Å². The van der Waals surface area contributed by atoms with Gasteiger partial charge in [0.2, 0.25) is 0 Å². The second-order valence-electron chi connectivity index (χ2n) is 9.74. The lowest BCUT2D eigenvalue weighted by atomic mass is 9.87. The number of piperidine rings is 1. The van der Waals surface area contributed by atoms with Crippen molar-refractivity contribution in [3.63, 3.8) is 0 Å². The Kier molecular flexibility index (Phi) is 9.19. The Morgan fingerprint density at radius 3 is 2.49 bits per heavy atom. The Morgan fingerprint density at radius 1 is 0.897 bits per heavy atom. The lowest BCUT2D eigenvalue weighted by Crippen LogP contribution is -2.51. The zero-order chi connectivity index (χ0) is 26.9. The molecule has 3 aromatic rings. The maximum Gasteiger partial charge on any atom is 0.161 e. The third-order valence-corrected chi connectivity index (χ3v) is 7.01. The molecule has 0 aromatic heterocycles. The number of ether oxygens (including phenoxy) is 5. The summed E-state index contributed by atoms with van der Waals surface area (Å²) >= 11 is 0. The number of hydrogen-bond acceptors (Lipinski definition) is 7. The summed E-state index contributed by atoms with van der Waals surface area (Å²) in [5, 5.41) is 11.6. The summed E-state index contributed by atoms with van der Waals surface area (Å²) in [6, 6.07) is 23.9. The van der Waals surface area contributed by atoms with Crippen LogP contribution in [0, 0.1) is 0 Å². The fraction of sp³-hybridized carbons (Fsp3) is 0.387. The first-order chi connectivity index (χ1) is 19.2. The van der Waals surface area contributed by atoms with Crippen molar-refractivity contribution in [1.29, 1.82) is 0 Å². The summed E-state index contributed by atoms with van der Waals surface area (Å²) in [6.07, 6.45) is -0.0265. The van der Waals surface area contributed by atoms with Gasteiger partial charge in [-0.1, -0.05) is 48.5 Å². The highest BCUT2D eigenvalue weighted by Crippen LogP contribution is 2.34. The molecule has 5 rings (SSSR count). The summed E-state index contributed by atoms with van der Waals surface area (Å²) in [5.74, 6) is 2.28. The largest absolute Gasteiger partial charge is 0.530 e. The molecule has 1 amide bonds. The molecule has 2 aliphatic rings. The van der Waals surface area contributed by atoms with Gasteiger partial charge >= 0.3 is 0 Å². The van der Waals surface area contributed by atoms with Crippen LogP contribution in [0.5, 0.6) is 17.2 Å². The van der Waals surface area contributed by atoms with E-state index in [-0.39, 0.29) is 18.6 Å². The fourth-order valence-corrected chi connectivity index (χ4v) is 4.94. The maximum absolute atomic E-state index is 11.6. The zero-order valence-electron chi connectivity index (χ0n) is 22.0. The van der Waals surface area contributed by atoms with Crippen LogP contribution in [0.3, 0.4) is 0 Å². The van der Waals surface area contributed by atoms with E-state index >= 15 is 0 Å². The maximum atomic E-state index is 11.6. The lowest BCUT2D eigenvalue weighted by molar-refractivity contribution is -0.268. The standard InChI is InChI=1S/C31H35NO7/c33-31(34)32-14-13-27(30(20-32)39-22-24-7-12-28-29(19-24)38-18-17-37-28)25-8-10-26(11-9-25)36-16-4-15-35-21-23-5-2-1-3-6-23/h1-3,5-12,19,27,30H,4,13-18,20-22H2,(H,33,34)/p-1. The number of carbonyl (C=O) groups excluding carboxylic acids is 1. The molecule has 3 aromatic carbocycles. The number of hydrogen-bond donors (Lipinski definition) is 0. The lowest BCUT2D eigenvalue weighted by Gasteiger charge is -2.40. The average Bonchev–Trinajstić information content (AvgIpc) is 2.98. The first-order valence-electron chi connectivity index (χ1n) is 13.5. The van der Waals surface area contributed by atoms with Crippen LogP contribution in [0.25, 0.3) is 0 Å². The van der Waals surface area contributed by atoms with E-state index in [2.05, 4.69) is 12.1 Å². The highest BCUT2D eigenvalue weighted by molar-refractivity contribution is 5.62. The molecule has 2 heterocycles.